The molecule has 3 nitrogen and oxygen atoms in total. The Balaban J connectivity index is 2.15. The van der Waals surface area contributed by atoms with Gasteiger partial charge in [-0.15, -0.1) is 0 Å². The fourth-order valence-corrected chi connectivity index (χ4v) is 2.30. The van der Waals surface area contributed by atoms with Crippen molar-refractivity contribution in [2.75, 3.05) is 0 Å². The first kappa shape index (κ1) is 13.1. The first-order chi connectivity index (χ1) is 8.38. The van der Waals surface area contributed by atoms with Gasteiger partial charge in [-0.1, -0.05) is 39.0 Å². The van der Waals surface area contributed by atoms with Crippen molar-refractivity contribution in [1.82, 2.24) is 5.32 Å². The summed E-state index contributed by atoms with van der Waals surface area (Å²) in [5.41, 5.74) is 1.75. The Labute approximate surface area is 108 Å². The first-order valence-corrected chi connectivity index (χ1v) is 6.46. The molecule has 2 rings (SSSR count). The van der Waals surface area contributed by atoms with Crippen LogP contribution >= 0.6 is 0 Å². The molecular formula is C15H21NO2. The van der Waals surface area contributed by atoms with Crippen LogP contribution in [0.4, 0.5) is 0 Å². The van der Waals surface area contributed by atoms with Crippen molar-refractivity contribution in [3.05, 3.63) is 35.4 Å². The second-order valence-electron chi connectivity index (χ2n) is 6.09. The highest BCUT2D eigenvalue weighted by Crippen LogP contribution is 2.26. The van der Waals surface area contributed by atoms with Crippen LogP contribution in [0.2, 0.25) is 0 Å². The van der Waals surface area contributed by atoms with Crippen LogP contribution in [0.5, 0.6) is 0 Å². The standard InChI is InChI=1S/C15H21NO2/c1-15(2,3)13-7-5-4-6-12(13)14(18)16-10-8-11(17)9-10/h4-7,10-11,17H,8-9H2,1-3H3,(H,16,18). The maximum Gasteiger partial charge on any atom is 0.251 e. The summed E-state index contributed by atoms with van der Waals surface area (Å²) in [6.07, 6.45) is 1.10. The van der Waals surface area contributed by atoms with Gasteiger partial charge in [0.15, 0.2) is 0 Å². The highest BCUT2D eigenvalue weighted by Gasteiger charge is 2.30. The molecule has 1 aromatic carbocycles. The van der Waals surface area contributed by atoms with Crippen molar-refractivity contribution in [2.24, 2.45) is 0 Å². The van der Waals surface area contributed by atoms with Crippen molar-refractivity contribution >= 4 is 5.91 Å². The predicted octanol–water partition coefficient (Wildman–Crippen LogP) is 2.24. The van der Waals surface area contributed by atoms with Gasteiger partial charge >= 0.3 is 0 Å². The number of carbonyl (C=O) groups excluding carboxylic acids is 1. The Morgan fingerprint density at radius 3 is 2.44 bits per heavy atom. The zero-order chi connectivity index (χ0) is 13.3. The largest absolute Gasteiger partial charge is 0.393 e. The topological polar surface area (TPSA) is 49.3 Å². The van der Waals surface area contributed by atoms with Gasteiger partial charge in [-0.25, -0.2) is 0 Å². The van der Waals surface area contributed by atoms with Crippen LogP contribution in [-0.4, -0.2) is 23.2 Å². The van der Waals surface area contributed by atoms with E-state index < -0.39 is 0 Å². The third-order valence-electron chi connectivity index (χ3n) is 3.43. The quantitative estimate of drug-likeness (QED) is 0.842. The average Bonchev–Trinajstić information content (AvgIpc) is 2.26. The van der Waals surface area contributed by atoms with Crippen LogP contribution in [0.15, 0.2) is 24.3 Å². The molecule has 1 amide bonds. The number of hydrogen-bond donors (Lipinski definition) is 2. The van der Waals surface area contributed by atoms with E-state index in [1.807, 2.05) is 24.3 Å². The second kappa shape index (κ2) is 4.73. The summed E-state index contributed by atoms with van der Waals surface area (Å²) in [5, 5.41) is 12.2. The molecule has 0 heterocycles. The molecular weight excluding hydrogens is 226 g/mol. The summed E-state index contributed by atoms with van der Waals surface area (Å²) < 4.78 is 0. The number of carbonyl (C=O) groups is 1. The predicted molar refractivity (Wildman–Crippen MR) is 71.6 cm³/mol. The van der Waals surface area contributed by atoms with E-state index in [0.29, 0.717) is 12.8 Å². The molecule has 2 N–H and O–H groups in total. The van der Waals surface area contributed by atoms with Crippen LogP contribution < -0.4 is 5.32 Å². The molecule has 1 aliphatic carbocycles. The molecule has 0 radical (unpaired) electrons. The van der Waals surface area contributed by atoms with Crippen molar-refractivity contribution in [2.45, 2.75) is 51.2 Å². The molecule has 0 aromatic heterocycles. The molecule has 1 aromatic rings. The van der Waals surface area contributed by atoms with E-state index in [1.165, 1.54) is 0 Å². The molecule has 18 heavy (non-hydrogen) atoms. The zero-order valence-corrected chi connectivity index (χ0v) is 11.2. The minimum atomic E-state index is -0.242. The Morgan fingerprint density at radius 2 is 1.89 bits per heavy atom. The van der Waals surface area contributed by atoms with Crippen molar-refractivity contribution in [1.29, 1.82) is 0 Å². The van der Waals surface area contributed by atoms with Crippen LogP contribution in [0.1, 0.15) is 49.5 Å². The fraction of sp³-hybridized carbons (Fsp3) is 0.533. The van der Waals surface area contributed by atoms with Gasteiger partial charge in [0.2, 0.25) is 0 Å². The highest BCUT2D eigenvalue weighted by atomic mass is 16.3. The van der Waals surface area contributed by atoms with Gasteiger partial charge in [0.1, 0.15) is 0 Å². The summed E-state index contributed by atoms with van der Waals surface area (Å²) in [7, 11) is 0. The number of benzene rings is 1. The first-order valence-electron chi connectivity index (χ1n) is 6.46. The minimum Gasteiger partial charge on any atom is -0.393 e. The van der Waals surface area contributed by atoms with Gasteiger partial charge in [0.05, 0.1) is 6.10 Å². The molecule has 0 aliphatic heterocycles. The normalized spacial score (nSPS) is 23.3. The molecule has 0 atom stereocenters. The fourth-order valence-electron chi connectivity index (χ4n) is 2.30. The Hall–Kier alpha value is -1.35. The number of rotatable bonds is 2. The third-order valence-corrected chi connectivity index (χ3v) is 3.43. The summed E-state index contributed by atoms with van der Waals surface area (Å²) in [4.78, 5) is 12.2. The van der Waals surface area contributed by atoms with Crippen LogP contribution in [0.25, 0.3) is 0 Å². The highest BCUT2D eigenvalue weighted by molar-refractivity contribution is 5.96. The molecule has 0 spiro atoms. The third kappa shape index (κ3) is 2.72. The Morgan fingerprint density at radius 1 is 1.28 bits per heavy atom. The van der Waals surface area contributed by atoms with E-state index in [0.717, 1.165) is 11.1 Å². The maximum atomic E-state index is 12.2. The molecule has 1 saturated carbocycles. The zero-order valence-electron chi connectivity index (χ0n) is 11.2. The molecule has 0 saturated heterocycles. The van der Waals surface area contributed by atoms with E-state index >= 15 is 0 Å². The minimum absolute atomic E-state index is 0.0302. The Kier molecular flexibility index (Phi) is 3.44. The van der Waals surface area contributed by atoms with Gasteiger partial charge < -0.3 is 10.4 Å². The van der Waals surface area contributed by atoms with Crippen LogP contribution in [-0.2, 0) is 5.41 Å². The van der Waals surface area contributed by atoms with Crippen LogP contribution in [0, 0.1) is 0 Å². The number of nitrogens with one attached hydrogen (secondary N) is 1. The number of hydrogen-bond acceptors (Lipinski definition) is 2. The molecule has 0 bridgehead atoms. The van der Waals surface area contributed by atoms with Crippen molar-refractivity contribution in [3.8, 4) is 0 Å². The number of amides is 1. The van der Waals surface area contributed by atoms with Gasteiger partial charge in [-0.05, 0) is 29.9 Å². The number of aliphatic hydroxyl groups excluding tert-OH is 1. The maximum absolute atomic E-state index is 12.2. The van der Waals surface area contributed by atoms with E-state index in [2.05, 4.69) is 26.1 Å². The van der Waals surface area contributed by atoms with Crippen molar-refractivity contribution < 1.29 is 9.90 Å². The summed E-state index contributed by atoms with van der Waals surface area (Å²) >= 11 is 0. The smallest absolute Gasteiger partial charge is 0.251 e. The van der Waals surface area contributed by atoms with Gasteiger partial charge in [0.25, 0.3) is 5.91 Å². The van der Waals surface area contributed by atoms with Gasteiger partial charge in [0, 0.05) is 11.6 Å². The molecule has 3 heteroatoms. The lowest BCUT2D eigenvalue weighted by Gasteiger charge is -2.32. The average molecular weight is 247 g/mol. The Bertz CT molecular complexity index is 442. The summed E-state index contributed by atoms with van der Waals surface area (Å²) in [6, 6.07) is 7.85. The molecule has 98 valence electrons. The van der Waals surface area contributed by atoms with Crippen LogP contribution in [0.3, 0.4) is 0 Å². The monoisotopic (exact) mass is 247 g/mol. The van der Waals surface area contributed by atoms with E-state index in [9.17, 15) is 9.90 Å². The summed E-state index contributed by atoms with van der Waals surface area (Å²) in [6.45, 7) is 6.31. The lowest BCUT2D eigenvalue weighted by Crippen LogP contribution is -2.47. The number of aliphatic hydroxyl groups is 1. The lowest BCUT2D eigenvalue weighted by atomic mass is 9.83. The molecule has 1 fully saturated rings. The second-order valence-corrected chi connectivity index (χ2v) is 6.09. The molecule has 1 aliphatic rings. The van der Waals surface area contributed by atoms with Gasteiger partial charge in [-0.2, -0.15) is 0 Å². The van der Waals surface area contributed by atoms with E-state index in [1.54, 1.807) is 0 Å². The van der Waals surface area contributed by atoms with Gasteiger partial charge in [-0.3, -0.25) is 4.79 Å². The van der Waals surface area contributed by atoms with E-state index in [4.69, 9.17) is 0 Å². The van der Waals surface area contributed by atoms with E-state index in [-0.39, 0.29) is 23.5 Å². The van der Waals surface area contributed by atoms with Crippen molar-refractivity contribution in [3.63, 3.8) is 0 Å². The summed E-state index contributed by atoms with van der Waals surface area (Å²) in [5.74, 6) is -0.0302. The lowest BCUT2D eigenvalue weighted by molar-refractivity contribution is 0.0562. The molecule has 0 unspecified atom stereocenters. The SMILES string of the molecule is CC(C)(C)c1ccccc1C(=O)NC1CC(O)C1.